The van der Waals surface area contributed by atoms with Crippen LogP contribution in [0.3, 0.4) is 0 Å². The number of rotatable bonds is 4. The van der Waals surface area contributed by atoms with Crippen LogP contribution in [0.4, 0.5) is 0 Å². The molecule has 3 unspecified atom stereocenters. The summed E-state index contributed by atoms with van der Waals surface area (Å²) in [5, 5.41) is 3.85. The number of hydrogen-bond acceptors (Lipinski definition) is 4. The van der Waals surface area contributed by atoms with Gasteiger partial charge in [0.15, 0.2) is 5.76 Å². The fourth-order valence-corrected chi connectivity index (χ4v) is 2.37. The lowest BCUT2D eigenvalue weighted by atomic mass is 9.80. The minimum atomic E-state index is 0.368. The monoisotopic (exact) mass is 238 g/mol. The molecule has 0 aliphatic heterocycles. The summed E-state index contributed by atoms with van der Waals surface area (Å²) in [6.07, 6.45) is 3.94. The zero-order chi connectivity index (χ0) is 12.3. The highest BCUT2D eigenvalue weighted by molar-refractivity contribution is 5.03. The zero-order valence-corrected chi connectivity index (χ0v) is 10.7. The van der Waals surface area contributed by atoms with E-state index in [1.807, 2.05) is 6.07 Å². The lowest BCUT2D eigenvalue weighted by Gasteiger charge is -2.31. The molecule has 0 bridgehead atoms. The lowest BCUT2D eigenvalue weighted by molar-refractivity contribution is -0.0155. The summed E-state index contributed by atoms with van der Waals surface area (Å²) in [5.41, 5.74) is 6.26. The van der Waals surface area contributed by atoms with Crippen molar-refractivity contribution in [2.45, 2.75) is 52.4 Å². The first-order valence-electron chi connectivity index (χ1n) is 6.45. The molecule has 4 heteroatoms. The molecule has 96 valence electrons. The van der Waals surface area contributed by atoms with Crippen LogP contribution in [0.15, 0.2) is 10.6 Å². The van der Waals surface area contributed by atoms with E-state index in [-0.39, 0.29) is 0 Å². The fourth-order valence-electron chi connectivity index (χ4n) is 2.37. The second kappa shape index (κ2) is 5.65. The number of nitrogens with two attached hydrogens (primary N) is 1. The molecule has 1 heterocycles. The van der Waals surface area contributed by atoms with Crippen LogP contribution in [-0.2, 0) is 17.9 Å². The molecule has 0 aromatic carbocycles. The summed E-state index contributed by atoms with van der Waals surface area (Å²) < 4.78 is 11.0. The first-order valence-corrected chi connectivity index (χ1v) is 6.45. The van der Waals surface area contributed by atoms with E-state index >= 15 is 0 Å². The molecular weight excluding hydrogens is 216 g/mol. The fraction of sp³-hybridized carbons (Fsp3) is 0.769. The van der Waals surface area contributed by atoms with Gasteiger partial charge in [-0.05, 0) is 31.1 Å². The zero-order valence-electron chi connectivity index (χ0n) is 10.7. The molecule has 17 heavy (non-hydrogen) atoms. The van der Waals surface area contributed by atoms with E-state index in [1.54, 1.807) is 0 Å². The van der Waals surface area contributed by atoms with Crippen molar-refractivity contribution in [2.75, 3.05) is 0 Å². The lowest BCUT2D eigenvalue weighted by Crippen LogP contribution is -2.26. The van der Waals surface area contributed by atoms with E-state index in [0.717, 1.165) is 36.1 Å². The van der Waals surface area contributed by atoms with Crippen LogP contribution in [0.1, 0.15) is 44.6 Å². The van der Waals surface area contributed by atoms with Crippen LogP contribution < -0.4 is 5.73 Å². The van der Waals surface area contributed by atoms with Crippen LogP contribution in [0, 0.1) is 11.8 Å². The summed E-state index contributed by atoms with van der Waals surface area (Å²) in [6, 6.07) is 1.87. The molecule has 0 amide bonds. The van der Waals surface area contributed by atoms with Crippen molar-refractivity contribution in [1.29, 1.82) is 0 Å². The highest BCUT2D eigenvalue weighted by Crippen LogP contribution is 2.31. The van der Waals surface area contributed by atoms with Gasteiger partial charge in [0.1, 0.15) is 6.61 Å². The van der Waals surface area contributed by atoms with Gasteiger partial charge in [-0.25, -0.2) is 0 Å². The van der Waals surface area contributed by atoms with Crippen molar-refractivity contribution >= 4 is 0 Å². The molecule has 1 saturated carbocycles. The molecule has 3 atom stereocenters. The first-order chi connectivity index (χ1) is 8.19. The molecule has 1 aliphatic rings. The average molecular weight is 238 g/mol. The van der Waals surface area contributed by atoms with E-state index in [9.17, 15) is 0 Å². The number of aromatic nitrogens is 1. The second-order valence-electron chi connectivity index (χ2n) is 5.19. The highest BCUT2D eigenvalue weighted by Gasteiger charge is 2.25. The van der Waals surface area contributed by atoms with E-state index in [1.165, 1.54) is 6.42 Å². The van der Waals surface area contributed by atoms with Gasteiger partial charge >= 0.3 is 0 Å². The number of hydrogen-bond donors (Lipinski definition) is 1. The number of nitrogens with zero attached hydrogens (tertiary/aromatic N) is 1. The summed E-state index contributed by atoms with van der Waals surface area (Å²) in [4.78, 5) is 0. The predicted octanol–water partition coefficient (Wildman–Crippen LogP) is 2.47. The first kappa shape index (κ1) is 12.6. The van der Waals surface area contributed by atoms with Crippen LogP contribution in [0.5, 0.6) is 0 Å². The molecule has 0 saturated heterocycles. The van der Waals surface area contributed by atoms with Crippen molar-refractivity contribution < 1.29 is 9.26 Å². The van der Waals surface area contributed by atoms with Crippen LogP contribution in [0.25, 0.3) is 0 Å². The van der Waals surface area contributed by atoms with Crippen LogP contribution >= 0.6 is 0 Å². The van der Waals surface area contributed by atoms with Gasteiger partial charge in [0.2, 0.25) is 0 Å². The van der Waals surface area contributed by atoms with Crippen molar-refractivity contribution in [1.82, 2.24) is 5.16 Å². The molecule has 0 radical (unpaired) electrons. The Labute approximate surface area is 102 Å². The molecule has 2 rings (SSSR count). The third-order valence-electron chi connectivity index (χ3n) is 3.83. The predicted molar refractivity (Wildman–Crippen MR) is 65.2 cm³/mol. The molecule has 4 nitrogen and oxygen atoms in total. The second-order valence-corrected chi connectivity index (χ2v) is 5.19. The summed E-state index contributed by atoms with van der Waals surface area (Å²) in [6.45, 7) is 5.56. The maximum absolute atomic E-state index is 5.87. The Kier molecular flexibility index (Phi) is 4.18. The smallest absolute Gasteiger partial charge is 0.162 e. The van der Waals surface area contributed by atoms with Gasteiger partial charge in [0.05, 0.1) is 11.8 Å². The van der Waals surface area contributed by atoms with Gasteiger partial charge in [0, 0.05) is 12.6 Å². The molecule has 1 fully saturated rings. The van der Waals surface area contributed by atoms with E-state index in [2.05, 4.69) is 19.0 Å². The topological polar surface area (TPSA) is 61.3 Å². The summed E-state index contributed by atoms with van der Waals surface area (Å²) >= 11 is 0. The maximum Gasteiger partial charge on any atom is 0.162 e. The molecule has 0 spiro atoms. The Morgan fingerprint density at radius 3 is 2.88 bits per heavy atom. The quantitative estimate of drug-likeness (QED) is 0.875. The van der Waals surface area contributed by atoms with Crippen molar-refractivity contribution in [2.24, 2.45) is 17.6 Å². The van der Waals surface area contributed by atoms with E-state index < -0.39 is 0 Å². The minimum Gasteiger partial charge on any atom is -0.370 e. The number of ether oxygens (including phenoxy) is 1. The molecule has 1 aliphatic carbocycles. The van der Waals surface area contributed by atoms with Crippen LogP contribution in [0.2, 0.25) is 0 Å². The standard InChI is InChI=1S/C13H22N2O2/c1-9-3-4-12(5-10(9)2)16-8-13-6-11(7-14)15-17-13/h6,9-10,12H,3-5,7-8,14H2,1-2H3. The third-order valence-corrected chi connectivity index (χ3v) is 3.83. The molecule has 2 N–H and O–H groups in total. The highest BCUT2D eigenvalue weighted by atomic mass is 16.5. The Morgan fingerprint density at radius 2 is 2.24 bits per heavy atom. The van der Waals surface area contributed by atoms with Crippen molar-refractivity contribution in [3.05, 3.63) is 17.5 Å². The van der Waals surface area contributed by atoms with Crippen molar-refractivity contribution in [3.8, 4) is 0 Å². The molecular formula is C13H22N2O2. The Hall–Kier alpha value is -0.870. The Morgan fingerprint density at radius 1 is 1.41 bits per heavy atom. The SMILES string of the molecule is CC1CCC(OCc2cc(CN)no2)CC1C. The minimum absolute atomic E-state index is 0.368. The third kappa shape index (κ3) is 3.30. The Bertz CT molecular complexity index is 351. The summed E-state index contributed by atoms with van der Waals surface area (Å²) in [7, 11) is 0. The van der Waals surface area contributed by atoms with Crippen molar-refractivity contribution in [3.63, 3.8) is 0 Å². The maximum atomic E-state index is 5.87. The van der Waals surface area contributed by atoms with Gasteiger partial charge in [0.25, 0.3) is 0 Å². The Balaban J connectivity index is 1.78. The molecule has 1 aromatic rings. The van der Waals surface area contributed by atoms with E-state index in [0.29, 0.717) is 19.3 Å². The van der Waals surface area contributed by atoms with Gasteiger partial charge < -0.3 is 15.0 Å². The van der Waals surface area contributed by atoms with Gasteiger partial charge in [-0.2, -0.15) is 0 Å². The van der Waals surface area contributed by atoms with Crippen LogP contribution in [-0.4, -0.2) is 11.3 Å². The van der Waals surface area contributed by atoms with E-state index in [4.69, 9.17) is 15.0 Å². The average Bonchev–Trinajstić information content (AvgIpc) is 2.79. The summed E-state index contributed by atoms with van der Waals surface area (Å²) in [5.74, 6) is 2.35. The van der Waals surface area contributed by atoms with Gasteiger partial charge in [-0.1, -0.05) is 19.0 Å². The van der Waals surface area contributed by atoms with Gasteiger partial charge in [-0.3, -0.25) is 0 Å². The largest absolute Gasteiger partial charge is 0.370 e. The normalized spacial score (nSPS) is 29.5. The molecule has 1 aromatic heterocycles. The van der Waals surface area contributed by atoms with Gasteiger partial charge in [-0.15, -0.1) is 0 Å².